The van der Waals surface area contributed by atoms with Gasteiger partial charge in [-0.3, -0.25) is 19.3 Å². The Kier molecular flexibility index (Phi) is 6.97. The molecule has 2 heterocycles. The minimum absolute atomic E-state index is 0.0233. The maximum absolute atomic E-state index is 13.0. The van der Waals surface area contributed by atoms with E-state index >= 15 is 0 Å². The maximum Gasteiger partial charge on any atom is 0.326 e. The summed E-state index contributed by atoms with van der Waals surface area (Å²) in [4.78, 5) is 55.3. The first-order valence-electron chi connectivity index (χ1n) is 11.4. The molecule has 1 saturated carbocycles. The van der Waals surface area contributed by atoms with Crippen molar-refractivity contribution in [1.29, 1.82) is 0 Å². The number of thiazole rings is 1. The monoisotopic (exact) mass is 484 g/mol. The van der Waals surface area contributed by atoms with E-state index in [1.807, 2.05) is 38.1 Å². The molecule has 1 aromatic heterocycles. The number of nitrogens with one attached hydrogen (secondary N) is 2. The number of carbonyl (C=O) groups is 4. The van der Waals surface area contributed by atoms with Gasteiger partial charge in [0.25, 0.3) is 5.91 Å². The van der Waals surface area contributed by atoms with Crippen LogP contribution in [0.4, 0.5) is 10.5 Å². The van der Waals surface area contributed by atoms with Gasteiger partial charge in [0, 0.05) is 11.1 Å². The number of hydrogen-bond acceptors (Lipinski definition) is 7. The third-order valence-electron chi connectivity index (χ3n) is 6.50. The van der Waals surface area contributed by atoms with Gasteiger partial charge in [-0.15, -0.1) is 11.3 Å². The van der Waals surface area contributed by atoms with Crippen molar-refractivity contribution in [3.05, 3.63) is 45.9 Å². The van der Waals surface area contributed by atoms with E-state index in [0.29, 0.717) is 17.1 Å². The van der Waals surface area contributed by atoms with Crippen LogP contribution in [0.15, 0.2) is 29.6 Å². The van der Waals surface area contributed by atoms with Crippen molar-refractivity contribution in [3.8, 4) is 0 Å². The second kappa shape index (κ2) is 9.92. The lowest BCUT2D eigenvalue weighted by molar-refractivity contribution is -0.149. The number of rotatable bonds is 7. The molecule has 1 spiro atoms. The molecule has 2 atom stereocenters. The number of ether oxygens (including phenoxy) is 1. The second-order valence-corrected chi connectivity index (χ2v) is 9.82. The molecule has 4 rings (SSSR count). The van der Waals surface area contributed by atoms with Gasteiger partial charge in [0.1, 0.15) is 23.7 Å². The molecule has 1 aliphatic heterocycles. The zero-order valence-corrected chi connectivity index (χ0v) is 20.1. The highest BCUT2D eigenvalue weighted by atomic mass is 32.1. The molecule has 2 aromatic rings. The van der Waals surface area contributed by atoms with E-state index in [2.05, 4.69) is 15.6 Å². The number of imide groups is 1. The Morgan fingerprint density at radius 2 is 2.09 bits per heavy atom. The van der Waals surface area contributed by atoms with Crippen LogP contribution in [-0.2, 0) is 32.1 Å². The third-order valence-corrected chi connectivity index (χ3v) is 7.40. The fourth-order valence-electron chi connectivity index (χ4n) is 4.51. The van der Waals surface area contributed by atoms with Crippen LogP contribution in [0.1, 0.15) is 48.9 Å². The molecular weight excluding hydrogens is 456 g/mol. The summed E-state index contributed by atoms with van der Waals surface area (Å²) in [5.74, 6) is -1.19. The highest BCUT2D eigenvalue weighted by Gasteiger charge is 2.55. The predicted octanol–water partition coefficient (Wildman–Crippen LogP) is 3.18. The van der Waals surface area contributed by atoms with E-state index in [4.69, 9.17) is 4.74 Å². The van der Waals surface area contributed by atoms with Crippen molar-refractivity contribution in [1.82, 2.24) is 15.2 Å². The van der Waals surface area contributed by atoms with Crippen molar-refractivity contribution < 1.29 is 23.9 Å². The number of aryl methyl sites for hydroxylation is 1. The second-order valence-electron chi connectivity index (χ2n) is 8.87. The van der Waals surface area contributed by atoms with Gasteiger partial charge in [0.05, 0.1) is 12.1 Å². The van der Waals surface area contributed by atoms with E-state index in [9.17, 15) is 19.2 Å². The summed E-state index contributed by atoms with van der Waals surface area (Å²) >= 11 is 1.30. The Morgan fingerprint density at radius 1 is 1.29 bits per heavy atom. The molecule has 2 fully saturated rings. The first kappa shape index (κ1) is 23.9. The van der Waals surface area contributed by atoms with Gasteiger partial charge in [-0.2, -0.15) is 0 Å². The van der Waals surface area contributed by atoms with Gasteiger partial charge in [-0.1, -0.05) is 38.0 Å². The molecule has 9 nitrogen and oxygen atoms in total. The van der Waals surface area contributed by atoms with E-state index in [1.165, 1.54) is 11.3 Å². The number of para-hydroxylation sites is 1. The van der Waals surface area contributed by atoms with Crippen LogP contribution in [0, 0.1) is 12.8 Å². The number of aromatic nitrogens is 1. The van der Waals surface area contributed by atoms with Crippen molar-refractivity contribution in [2.24, 2.45) is 5.92 Å². The molecule has 34 heavy (non-hydrogen) atoms. The van der Waals surface area contributed by atoms with Crippen LogP contribution in [0.25, 0.3) is 0 Å². The molecule has 0 radical (unpaired) electrons. The molecular formula is C24H28N4O5S. The Morgan fingerprint density at radius 3 is 2.85 bits per heavy atom. The highest BCUT2D eigenvalue weighted by molar-refractivity contribution is 7.09. The highest BCUT2D eigenvalue weighted by Crippen LogP contribution is 2.38. The molecule has 2 aliphatic rings. The topological polar surface area (TPSA) is 118 Å². The van der Waals surface area contributed by atoms with Crippen molar-refractivity contribution in [2.45, 2.75) is 58.1 Å². The number of nitrogens with zero attached hydrogens (tertiary/aromatic N) is 2. The first-order chi connectivity index (χ1) is 16.3. The van der Waals surface area contributed by atoms with Crippen LogP contribution < -0.4 is 10.6 Å². The summed E-state index contributed by atoms with van der Waals surface area (Å²) in [6.07, 6.45) is 3.44. The van der Waals surface area contributed by atoms with Gasteiger partial charge in [0.2, 0.25) is 5.91 Å². The third kappa shape index (κ3) is 4.96. The Balaban J connectivity index is 1.27. The molecule has 10 heteroatoms. The lowest BCUT2D eigenvalue weighted by Gasteiger charge is -2.36. The Hall–Kier alpha value is -3.27. The number of hydrogen-bond donors (Lipinski definition) is 2. The molecule has 2 N–H and O–H groups in total. The molecule has 1 aliphatic carbocycles. The lowest BCUT2D eigenvalue weighted by Crippen LogP contribution is -2.54. The van der Waals surface area contributed by atoms with Crippen LogP contribution in [0.5, 0.6) is 0 Å². The van der Waals surface area contributed by atoms with Crippen LogP contribution in [0.2, 0.25) is 0 Å². The van der Waals surface area contributed by atoms with E-state index < -0.39 is 24.1 Å². The zero-order chi connectivity index (χ0) is 24.3. The standard InChI is InChI=1S/C24H28N4O5S/c1-15-7-3-4-9-18(15)26-19(29)11-20-25-17(14-34-20)13-33-21(30)12-28-22(31)24(27-23(28)32)10-6-5-8-16(24)2/h3-4,7,9,14,16H,5-6,8,10-13H2,1-2H3,(H,26,29)(H,27,32)/t16-,24-/m0/s1. The van der Waals surface area contributed by atoms with Gasteiger partial charge in [0.15, 0.2) is 0 Å². The van der Waals surface area contributed by atoms with E-state index in [0.717, 1.165) is 35.4 Å². The van der Waals surface area contributed by atoms with Crippen molar-refractivity contribution in [2.75, 3.05) is 11.9 Å². The SMILES string of the molecule is Cc1ccccc1NC(=O)Cc1nc(COC(=O)CN2C(=O)N[C@]3(CCCC[C@@H]3C)C2=O)cs1. The maximum atomic E-state index is 13.0. The zero-order valence-electron chi connectivity index (χ0n) is 19.3. The van der Waals surface area contributed by atoms with Crippen LogP contribution in [0.3, 0.4) is 0 Å². The molecule has 180 valence electrons. The number of esters is 1. The number of anilines is 1. The van der Waals surface area contributed by atoms with Crippen molar-refractivity contribution >= 4 is 40.8 Å². The fraction of sp³-hybridized carbons (Fsp3) is 0.458. The predicted molar refractivity (Wildman–Crippen MR) is 126 cm³/mol. The first-order valence-corrected chi connectivity index (χ1v) is 12.2. The fourth-order valence-corrected chi connectivity index (χ4v) is 5.29. The average Bonchev–Trinajstić information content (AvgIpc) is 3.34. The van der Waals surface area contributed by atoms with Crippen LogP contribution in [-0.4, -0.2) is 45.8 Å². The molecule has 0 bridgehead atoms. The van der Waals surface area contributed by atoms with Gasteiger partial charge in [-0.25, -0.2) is 9.78 Å². The Bertz CT molecular complexity index is 1120. The molecule has 1 saturated heterocycles. The molecule has 1 aromatic carbocycles. The summed E-state index contributed by atoms with van der Waals surface area (Å²) < 4.78 is 5.25. The average molecular weight is 485 g/mol. The normalized spacial score (nSPS) is 22.1. The summed E-state index contributed by atoms with van der Waals surface area (Å²) in [6, 6.07) is 6.96. The minimum atomic E-state index is -0.904. The van der Waals surface area contributed by atoms with Crippen molar-refractivity contribution in [3.63, 3.8) is 0 Å². The number of amides is 4. The molecule has 4 amide bonds. The number of carbonyl (C=O) groups excluding carboxylic acids is 4. The van der Waals surface area contributed by atoms with Gasteiger partial charge >= 0.3 is 12.0 Å². The lowest BCUT2D eigenvalue weighted by atomic mass is 9.73. The van der Waals surface area contributed by atoms with E-state index in [1.54, 1.807) is 5.38 Å². The van der Waals surface area contributed by atoms with Crippen LogP contribution >= 0.6 is 11.3 Å². The Labute approximate surface area is 201 Å². The summed E-state index contributed by atoms with van der Waals surface area (Å²) in [5, 5.41) is 8.00. The minimum Gasteiger partial charge on any atom is -0.458 e. The van der Waals surface area contributed by atoms with E-state index in [-0.39, 0.29) is 30.8 Å². The largest absolute Gasteiger partial charge is 0.458 e. The quantitative estimate of drug-likeness (QED) is 0.460. The summed E-state index contributed by atoms with van der Waals surface area (Å²) in [5.41, 5.74) is 1.32. The van der Waals surface area contributed by atoms with Gasteiger partial charge < -0.3 is 15.4 Å². The number of benzene rings is 1. The smallest absolute Gasteiger partial charge is 0.326 e. The van der Waals surface area contributed by atoms with Gasteiger partial charge in [-0.05, 0) is 37.3 Å². The molecule has 0 unspecified atom stereocenters. The summed E-state index contributed by atoms with van der Waals surface area (Å²) in [7, 11) is 0. The summed E-state index contributed by atoms with van der Waals surface area (Å²) in [6.45, 7) is 3.34. The number of urea groups is 1.